The van der Waals surface area contributed by atoms with Crippen LogP contribution in [0.3, 0.4) is 0 Å². The molecule has 1 fully saturated rings. The second-order valence-corrected chi connectivity index (χ2v) is 4.77. The van der Waals surface area contributed by atoms with Crippen LogP contribution < -0.4 is 0 Å². The summed E-state index contributed by atoms with van der Waals surface area (Å²) >= 11 is 0. The van der Waals surface area contributed by atoms with Gasteiger partial charge in [-0.3, -0.25) is 4.79 Å². The van der Waals surface area contributed by atoms with Crippen molar-refractivity contribution < 1.29 is 15.0 Å². The number of nitrogens with zero attached hydrogens (tertiary/aromatic N) is 2. The van der Waals surface area contributed by atoms with E-state index in [4.69, 9.17) is 5.26 Å². The molecule has 0 radical (unpaired) electrons. The van der Waals surface area contributed by atoms with Crippen molar-refractivity contribution >= 4 is 12.0 Å². The van der Waals surface area contributed by atoms with Gasteiger partial charge in [0.15, 0.2) is 11.5 Å². The van der Waals surface area contributed by atoms with Gasteiger partial charge in [0.2, 0.25) is 0 Å². The Morgan fingerprint density at radius 1 is 1.20 bits per heavy atom. The first-order valence-corrected chi connectivity index (χ1v) is 6.55. The summed E-state index contributed by atoms with van der Waals surface area (Å²) in [5.41, 5.74) is 0.541. The van der Waals surface area contributed by atoms with Crippen LogP contribution in [0.1, 0.15) is 24.8 Å². The summed E-state index contributed by atoms with van der Waals surface area (Å²) in [4.78, 5) is 13.9. The van der Waals surface area contributed by atoms with Gasteiger partial charge in [-0.15, -0.1) is 0 Å². The summed E-state index contributed by atoms with van der Waals surface area (Å²) in [5, 5.41) is 27.8. The standard InChI is InChI=1S/C15H16N2O3/c16-10-12(15(20)17-6-2-1-3-7-17)8-11-4-5-13(18)14(19)9-11/h4-5,8-9,18-19H,1-3,6-7H2/b12-8+. The van der Waals surface area contributed by atoms with Gasteiger partial charge in [0, 0.05) is 13.1 Å². The summed E-state index contributed by atoms with van der Waals surface area (Å²) in [7, 11) is 0. The molecule has 2 rings (SSSR count). The van der Waals surface area contributed by atoms with E-state index in [0.717, 1.165) is 19.3 Å². The van der Waals surface area contributed by atoms with Crippen LogP contribution in [0.5, 0.6) is 11.5 Å². The van der Waals surface area contributed by atoms with Crippen molar-refractivity contribution in [2.24, 2.45) is 0 Å². The van der Waals surface area contributed by atoms with Gasteiger partial charge in [-0.05, 0) is 43.0 Å². The maximum Gasteiger partial charge on any atom is 0.264 e. The van der Waals surface area contributed by atoms with E-state index in [1.54, 1.807) is 4.90 Å². The van der Waals surface area contributed by atoms with Crippen molar-refractivity contribution in [1.29, 1.82) is 5.26 Å². The number of rotatable bonds is 2. The molecular formula is C15H16N2O3. The van der Waals surface area contributed by atoms with Gasteiger partial charge in [0.1, 0.15) is 11.6 Å². The molecule has 1 aliphatic rings. The molecule has 5 nitrogen and oxygen atoms in total. The molecule has 0 atom stereocenters. The van der Waals surface area contributed by atoms with Gasteiger partial charge in [-0.2, -0.15) is 5.26 Å². The third-order valence-electron chi connectivity index (χ3n) is 3.30. The van der Waals surface area contributed by atoms with Crippen LogP contribution in [-0.2, 0) is 4.79 Å². The number of nitriles is 1. The third-order valence-corrected chi connectivity index (χ3v) is 3.30. The molecule has 0 aromatic heterocycles. The highest BCUT2D eigenvalue weighted by atomic mass is 16.3. The average Bonchev–Trinajstić information content (AvgIpc) is 2.48. The topological polar surface area (TPSA) is 84.6 Å². The molecule has 1 aromatic carbocycles. The first-order valence-electron chi connectivity index (χ1n) is 6.55. The van der Waals surface area contributed by atoms with Gasteiger partial charge < -0.3 is 15.1 Å². The van der Waals surface area contributed by atoms with Crippen LogP contribution in [0.25, 0.3) is 6.08 Å². The molecule has 5 heteroatoms. The Bertz CT molecular complexity index is 581. The smallest absolute Gasteiger partial charge is 0.264 e. The highest BCUT2D eigenvalue weighted by Crippen LogP contribution is 2.26. The predicted octanol–water partition coefficient (Wildman–Crippen LogP) is 2.02. The molecule has 1 aliphatic heterocycles. The van der Waals surface area contributed by atoms with Crippen LogP contribution in [0, 0.1) is 11.3 Å². The second kappa shape index (κ2) is 6.11. The number of amides is 1. The number of hydrogen-bond donors (Lipinski definition) is 2. The lowest BCUT2D eigenvalue weighted by Gasteiger charge is -2.26. The maximum atomic E-state index is 12.2. The minimum Gasteiger partial charge on any atom is -0.504 e. The molecule has 0 spiro atoms. The van der Waals surface area contributed by atoms with Crippen LogP contribution in [0.4, 0.5) is 0 Å². The van der Waals surface area contributed by atoms with E-state index in [9.17, 15) is 15.0 Å². The molecule has 0 saturated carbocycles. The molecular weight excluding hydrogens is 256 g/mol. The zero-order valence-corrected chi connectivity index (χ0v) is 11.0. The summed E-state index contributed by atoms with van der Waals surface area (Å²) in [6, 6.07) is 6.08. The Kier molecular flexibility index (Phi) is 4.26. The molecule has 1 heterocycles. The first kappa shape index (κ1) is 13.9. The van der Waals surface area contributed by atoms with Gasteiger partial charge in [0.25, 0.3) is 5.91 Å². The number of carbonyl (C=O) groups excluding carboxylic acids is 1. The number of phenols is 2. The van der Waals surface area contributed by atoms with Gasteiger partial charge in [-0.1, -0.05) is 6.07 Å². The monoisotopic (exact) mass is 272 g/mol. The number of benzene rings is 1. The highest BCUT2D eigenvalue weighted by molar-refractivity contribution is 6.01. The van der Waals surface area contributed by atoms with E-state index in [2.05, 4.69) is 0 Å². The summed E-state index contributed by atoms with van der Waals surface area (Å²) in [6.07, 6.45) is 4.46. The number of piperidine rings is 1. The van der Waals surface area contributed by atoms with E-state index in [0.29, 0.717) is 18.7 Å². The van der Waals surface area contributed by atoms with Crippen molar-refractivity contribution in [2.75, 3.05) is 13.1 Å². The Labute approximate surface area is 117 Å². The minimum atomic E-state index is -0.278. The minimum absolute atomic E-state index is 0.0389. The quantitative estimate of drug-likeness (QED) is 0.490. The average molecular weight is 272 g/mol. The molecule has 1 amide bonds. The van der Waals surface area contributed by atoms with Crippen molar-refractivity contribution in [3.63, 3.8) is 0 Å². The Morgan fingerprint density at radius 2 is 1.90 bits per heavy atom. The fourth-order valence-electron chi connectivity index (χ4n) is 2.21. The Morgan fingerprint density at radius 3 is 2.50 bits per heavy atom. The van der Waals surface area contributed by atoms with Crippen LogP contribution >= 0.6 is 0 Å². The predicted molar refractivity (Wildman–Crippen MR) is 73.8 cm³/mol. The van der Waals surface area contributed by atoms with Crippen molar-refractivity contribution in [2.45, 2.75) is 19.3 Å². The number of carbonyl (C=O) groups is 1. The largest absolute Gasteiger partial charge is 0.504 e. The Hall–Kier alpha value is -2.48. The van der Waals surface area contributed by atoms with Crippen molar-refractivity contribution in [3.05, 3.63) is 29.3 Å². The molecule has 0 unspecified atom stereocenters. The van der Waals surface area contributed by atoms with Crippen LogP contribution in [0.2, 0.25) is 0 Å². The SMILES string of the molecule is N#C/C(=C\c1ccc(O)c(O)c1)C(=O)N1CCCCC1. The lowest BCUT2D eigenvalue weighted by Crippen LogP contribution is -2.36. The first-order chi connectivity index (χ1) is 9.61. The number of phenolic OH excluding ortho intramolecular Hbond substituents is 2. The van der Waals surface area contributed by atoms with E-state index >= 15 is 0 Å². The fraction of sp³-hybridized carbons (Fsp3) is 0.333. The molecule has 2 N–H and O–H groups in total. The molecule has 1 aromatic rings. The summed E-state index contributed by atoms with van der Waals surface area (Å²) in [5.74, 6) is -0.788. The van der Waals surface area contributed by atoms with Gasteiger partial charge in [0.05, 0.1) is 0 Å². The van der Waals surface area contributed by atoms with Crippen molar-refractivity contribution in [1.82, 2.24) is 4.90 Å². The highest BCUT2D eigenvalue weighted by Gasteiger charge is 2.20. The number of hydrogen-bond acceptors (Lipinski definition) is 4. The third kappa shape index (κ3) is 3.09. The van der Waals surface area contributed by atoms with E-state index < -0.39 is 0 Å². The lowest BCUT2D eigenvalue weighted by atomic mass is 10.1. The number of aromatic hydroxyl groups is 2. The van der Waals surface area contributed by atoms with Gasteiger partial charge >= 0.3 is 0 Å². The zero-order chi connectivity index (χ0) is 14.5. The fourth-order valence-corrected chi connectivity index (χ4v) is 2.21. The van der Waals surface area contributed by atoms with E-state index in [-0.39, 0.29) is 23.0 Å². The zero-order valence-electron chi connectivity index (χ0n) is 11.0. The second-order valence-electron chi connectivity index (χ2n) is 4.77. The van der Waals surface area contributed by atoms with E-state index in [1.807, 2.05) is 6.07 Å². The molecule has 20 heavy (non-hydrogen) atoms. The molecule has 0 bridgehead atoms. The normalized spacial score (nSPS) is 15.8. The Balaban J connectivity index is 2.22. The molecule has 0 aliphatic carbocycles. The molecule has 104 valence electrons. The van der Waals surface area contributed by atoms with Crippen LogP contribution in [-0.4, -0.2) is 34.1 Å². The van der Waals surface area contributed by atoms with E-state index in [1.165, 1.54) is 24.3 Å². The lowest BCUT2D eigenvalue weighted by molar-refractivity contribution is -0.127. The summed E-state index contributed by atoms with van der Waals surface area (Å²) in [6.45, 7) is 1.36. The maximum absolute atomic E-state index is 12.2. The molecule has 1 saturated heterocycles. The van der Waals surface area contributed by atoms with Crippen LogP contribution in [0.15, 0.2) is 23.8 Å². The van der Waals surface area contributed by atoms with Gasteiger partial charge in [-0.25, -0.2) is 0 Å². The van der Waals surface area contributed by atoms with Crippen molar-refractivity contribution in [3.8, 4) is 17.6 Å². The number of likely N-dealkylation sites (tertiary alicyclic amines) is 1. The summed E-state index contributed by atoms with van der Waals surface area (Å²) < 4.78 is 0.